The van der Waals surface area contributed by atoms with E-state index < -0.39 is 17.6 Å². The summed E-state index contributed by atoms with van der Waals surface area (Å²) in [5.74, 6) is -1.37. The molecule has 0 aliphatic carbocycles. The number of nitrogens with one attached hydrogen (secondary N) is 1. The molecule has 1 aliphatic rings. The Hall–Kier alpha value is -1.13. The quantitative estimate of drug-likeness (QED) is 0.823. The van der Waals surface area contributed by atoms with Crippen LogP contribution in [0.3, 0.4) is 0 Å². The van der Waals surface area contributed by atoms with Gasteiger partial charge in [-0.25, -0.2) is 9.18 Å². The highest BCUT2D eigenvalue weighted by atomic mass is 35.5. The number of carbonyl (C=O) groups is 1. The maximum atomic E-state index is 14.6. The van der Waals surface area contributed by atoms with E-state index in [1.165, 1.54) is 7.11 Å². The van der Waals surface area contributed by atoms with Crippen LogP contribution in [-0.2, 0) is 9.53 Å². The molecule has 1 saturated heterocycles. The van der Waals surface area contributed by atoms with Crippen molar-refractivity contribution < 1.29 is 13.9 Å². The minimum Gasteiger partial charge on any atom is -0.467 e. The molecule has 1 heterocycles. The summed E-state index contributed by atoms with van der Waals surface area (Å²) in [6.45, 7) is 0.389. The molecule has 17 heavy (non-hydrogen) atoms. The molecule has 3 nitrogen and oxygen atoms in total. The van der Waals surface area contributed by atoms with Crippen molar-refractivity contribution in [3.05, 3.63) is 34.9 Å². The molecule has 0 radical (unpaired) electrons. The van der Waals surface area contributed by atoms with Crippen LogP contribution in [0.2, 0.25) is 5.02 Å². The van der Waals surface area contributed by atoms with E-state index in [4.69, 9.17) is 11.6 Å². The molecule has 92 valence electrons. The Kier molecular flexibility index (Phi) is 3.35. The molecule has 0 bridgehead atoms. The van der Waals surface area contributed by atoms with Crippen LogP contribution in [0.25, 0.3) is 0 Å². The molecule has 1 aliphatic heterocycles. The van der Waals surface area contributed by atoms with Gasteiger partial charge in [0.25, 0.3) is 0 Å². The Morgan fingerprint density at radius 1 is 1.53 bits per heavy atom. The van der Waals surface area contributed by atoms with Crippen LogP contribution >= 0.6 is 11.6 Å². The third kappa shape index (κ3) is 2.15. The number of benzene rings is 1. The molecule has 0 saturated carbocycles. The van der Waals surface area contributed by atoms with E-state index in [1.807, 2.05) is 0 Å². The summed E-state index contributed by atoms with van der Waals surface area (Å²) in [5.41, 5.74) is -1.25. The Bertz CT molecular complexity index is 423. The largest absolute Gasteiger partial charge is 0.467 e. The molecule has 1 aromatic rings. The van der Waals surface area contributed by atoms with E-state index >= 15 is 0 Å². The van der Waals surface area contributed by atoms with Crippen LogP contribution < -0.4 is 5.32 Å². The number of carbonyl (C=O) groups excluding carboxylic acids is 1. The monoisotopic (exact) mass is 257 g/mol. The zero-order chi connectivity index (χ0) is 12.5. The van der Waals surface area contributed by atoms with Crippen molar-refractivity contribution in [3.8, 4) is 0 Å². The Morgan fingerprint density at radius 2 is 2.18 bits per heavy atom. The molecule has 1 fully saturated rings. The molecule has 5 heteroatoms. The highest BCUT2D eigenvalue weighted by Gasteiger charge is 2.51. The summed E-state index contributed by atoms with van der Waals surface area (Å²) >= 11 is 5.78. The number of ether oxygens (including phenoxy) is 1. The van der Waals surface area contributed by atoms with Gasteiger partial charge in [-0.1, -0.05) is 23.7 Å². The van der Waals surface area contributed by atoms with E-state index in [0.717, 1.165) is 5.56 Å². The SMILES string of the molecule is COC(=O)[C@]1(F)CNC[C@H]1c1ccc(Cl)cc1. The standard InChI is InChI=1S/C12H13ClFNO2/c1-17-11(16)12(14)7-15-6-10(12)8-2-4-9(13)5-3-8/h2-5,10,15H,6-7H2,1H3/t10-,12-/m0/s1. The molecule has 2 rings (SSSR count). The van der Waals surface area contributed by atoms with Gasteiger partial charge in [0.2, 0.25) is 5.67 Å². The number of hydrogen-bond donors (Lipinski definition) is 1. The third-order valence-electron chi connectivity index (χ3n) is 3.08. The zero-order valence-electron chi connectivity index (χ0n) is 9.37. The average molecular weight is 258 g/mol. The number of methoxy groups -OCH3 is 1. The van der Waals surface area contributed by atoms with Crippen molar-refractivity contribution in [1.29, 1.82) is 0 Å². The lowest BCUT2D eigenvalue weighted by molar-refractivity contribution is -0.154. The number of hydrogen-bond acceptors (Lipinski definition) is 3. The lowest BCUT2D eigenvalue weighted by atomic mass is 9.86. The summed E-state index contributed by atoms with van der Waals surface area (Å²) in [4.78, 5) is 11.5. The maximum absolute atomic E-state index is 14.6. The van der Waals surface area contributed by atoms with E-state index in [2.05, 4.69) is 10.1 Å². The Labute approximate surface area is 104 Å². The first kappa shape index (κ1) is 12.3. The molecule has 1 aromatic carbocycles. The first-order valence-corrected chi connectivity index (χ1v) is 5.69. The zero-order valence-corrected chi connectivity index (χ0v) is 10.1. The van der Waals surface area contributed by atoms with Crippen molar-refractivity contribution in [2.45, 2.75) is 11.6 Å². The molecular weight excluding hydrogens is 245 g/mol. The Balaban J connectivity index is 2.31. The average Bonchev–Trinajstić information content (AvgIpc) is 2.73. The fraction of sp³-hybridized carbons (Fsp3) is 0.417. The first-order chi connectivity index (χ1) is 8.08. The molecule has 0 unspecified atom stereocenters. The van der Waals surface area contributed by atoms with Gasteiger partial charge >= 0.3 is 5.97 Å². The van der Waals surface area contributed by atoms with Gasteiger partial charge in [0.15, 0.2) is 0 Å². The normalized spacial score (nSPS) is 28.1. The van der Waals surface area contributed by atoms with E-state index in [-0.39, 0.29) is 6.54 Å². The summed E-state index contributed by atoms with van der Waals surface area (Å²) in [7, 11) is 1.20. The lowest BCUT2D eigenvalue weighted by Gasteiger charge is -2.23. The predicted molar refractivity (Wildman–Crippen MR) is 62.9 cm³/mol. The minimum atomic E-state index is -2.00. The van der Waals surface area contributed by atoms with Gasteiger partial charge in [-0.05, 0) is 17.7 Å². The van der Waals surface area contributed by atoms with Crippen LogP contribution in [0.1, 0.15) is 11.5 Å². The second-order valence-corrected chi connectivity index (χ2v) is 4.53. The molecule has 2 atom stereocenters. The van der Waals surface area contributed by atoms with E-state index in [1.54, 1.807) is 24.3 Å². The third-order valence-corrected chi connectivity index (χ3v) is 3.33. The summed E-state index contributed by atoms with van der Waals surface area (Å²) in [6, 6.07) is 6.84. The van der Waals surface area contributed by atoms with Crippen molar-refractivity contribution in [3.63, 3.8) is 0 Å². The van der Waals surface area contributed by atoms with Crippen molar-refractivity contribution in [1.82, 2.24) is 5.32 Å². The van der Waals surface area contributed by atoms with Gasteiger partial charge in [-0.2, -0.15) is 0 Å². The lowest BCUT2D eigenvalue weighted by Crippen LogP contribution is -2.41. The van der Waals surface area contributed by atoms with E-state index in [0.29, 0.717) is 11.6 Å². The number of alkyl halides is 1. The smallest absolute Gasteiger partial charge is 0.345 e. The molecule has 1 N–H and O–H groups in total. The van der Waals surface area contributed by atoms with Crippen LogP contribution in [-0.4, -0.2) is 31.8 Å². The van der Waals surface area contributed by atoms with Gasteiger partial charge < -0.3 is 10.1 Å². The van der Waals surface area contributed by atoms with Crippen molar-refractivity contribution in [2.75, 3.05) is 20.2 Å². The van der Waals surface area contributed by atoms with Crippen LogP contribution in [0.4, 0.5) is 4.39 Å². The number of esters is 1. The topological polar surface area (TPSA) is 38.3 Å². The van der Waals surface area contributed by atoms with Crippen LogP contribution in [0.15, 0.2) is 24.3 Å². The maximum Gasteiger partial charge on any atom is 0.345 e. The van der Waals surface area contributed by atoms with Gasteiger partial charge in [-0.15, -0.1) is 0 Å². The number of halogens is 2. The second-order valence-electron chi connectivity index (χ2n) is 4.09. The van der Waals surface area contributed by atoms with Crippen LogP contribution in [0.5, 0.6) is 0 Å². The second kappa shape index (κ2) is 4.63. The van der Waals surface area contributed by atoms with Crippen molar-refractivity contribution in [2.24, 2.45) is 0 Å². The fourth-order valence-electron chi connectivity index (χ4n) is 2.14. The van der Waals surface area contributed by atoms with Gasteiger partial charge in [-0.3, -0.25) is 0 Å². The Morgan fingerprint density at radius 3 is 2.76 bits per heavy atom. The molecule has 0 aromatic heterocycles. The molecule has 0 amide bonds. The summed E-state index contributed by atoms with van der Waals surface area (Å²) in [6.07, 6.45) is 0. The summed E-state index contributed by atoms with van der Waals surface area (Å²) in [5, 5.41) is 3.47. The number of rotatable bonds is 2. The first-order valence-electron chi connectivity index (χ1n) is 5.31. The summed E-state index contributed by atoms with van der Waals surface area (Å²) < 4.78 is 19.1. The van der Waals surface area contributed by atoms with Gasteiger partial charge in [0.05, 0.1) is 7.11 Å². The van der Waals surface area contributed by atoms with Crippen LogP contribution in [0, 0.1) is 0 Å². The fourth-order valence-corrected chi connectivity index (χ4v) is 2.27. The van der Waals surface area contributed by atoms with Crippen molar-refractivity contribution >= 4 is 17.6 Å². The van der Waals surface area contributed by atoms with E-state index in [9.17, 15) is 9.18 Å². The molecular formula is C12H13ClFNO2. The molecule has 0 spiro atoms. The highest BCUT2D eigenvalue weighted by molar-refractivity contribution is 6.30. The van der Waals surface area contributed by atoms with Gasteiger partial charge in [0.1, 0.15) is 0 Å². The highest BCUT2D eigenvalue weighted by Crippen LogP contribution is 2.36. The minimum absolute atomic E-state index is 0.0209. The predicted octanol–water partition coefficient (Wildman–Crippen LogP) is 1.91. The van der Waals surface area contributed by atoms with Gasteiger partial charge in [0, 0.05) is 24.0 Å².